The number of fused-ring (bicyclic) bond motifs is 1. The Bertz CT molecular complexity index is 749. The molecule has 0 aliphatic carbocycles. The van der Waals surface area contributed by atoms with E-state index < -0.39 is 0 Å². The predicted octanol–water partition coefficient (Wildman–Crippen LogP) is 5.86. The van der Waals surface area contributed by atoms with E-state index in [0.717, 1.165) is 6.42 Å². The molecule has 3 rings (SSSR count). The van der Waals surface area contributed by atoms with E-state index in [1.807, 2.05) is 0 Å². The summed E-state index contributed by atoms with van der Waals surface area (Å²) in [6.45, 7) is 6.70. The molecule has 0 aliphatic rings. The zero-order valence-corrected chi connectivity index (χ0v) is 13.1. The van der Waals surface area contributed by atoms with E-state index in [1.165, 1.54) is 33.0 Å². The molecule has 0 unspecified atom stereocenters. The SMILES string of the molecule is Cc1ccc(Cc2cc3ccccc3cc2C(C)C)cc1. The first-order chi connectivity index (χ1) is 10.1. The van der Waals surface area contributed by atoms with Crippen molar-refractivity contribution in [1.29, 1.82) is 0 Å². The minimum Gasteiger partial charge on any atom is -0.0616 e. The average molecular weight is 274 g/mol. The van der Waals surface area contributed by atoms with Crippen LogP contribution in [0, 0.1) is 6.92 Å². The largest absolute Gasteiger partial charge is 0.0616 e. The molecule has 0 radical (unpaired) electrons. The first kappa shape index (κ1) is 13.9. The molecule has 0 heteroatoms. The summed E-state index contributed by atoms with van der Waals surface area (Å²) in [6, 6.07) is 22.3. The molecule has 0 N–H and O–H groups in total. The normalized spacial score (nSPS) is 11.2. The fourth-order valence-corrected chi connectivity index (χ4v) is 2.92. The van der Waals surface area contributed by atoms with Gasteiger partial charge in [0.25, 0.3) is 0 Å². The standard InChI is InChI=1S/C21H22/c1-15(2)21-14-19-7-5-4-6-18(19)13-20(21)12-17-10-8-16(3)9-11-17/h4-11,13-15H,12H2,1-3H3. The van der Waals surface area contributed by atoms with Gasteiger partial charge in [-0.1, -0.05) is 80.1 Å². The zero-order chi connectivity index (χ0) is 14.8. The second kappa shape index (κ2) is 5.73. The van der Waals surface area contributed by atoms with Gasteiger partial charge < -0.3 is 0 Å². The van der Waals surface area contributed by atoms with Crippen LogP contribution in [0.15, 0.2) is 60.7 Å². The topological polar surface area (TPSA) is 0 Å². The Kier molecular flexibility index (Phi) is 3.79. The van der Waals surface area contributed by atoms with Crippen molar-refractivity contribution in [3.8, 4) is 0 Å². The average Bonchev–Trinajstić information content (AvgIpc) is 2.48. The molecule has 21 heavy (non-hydrogen) atoms. The van der Waals surface area contributed by atoms with Crippen molar-refractivity contribution < 1.29 is 0 Å². The van der Waals surface area contributed by atoms with Crippen molar-refractivity contribution in [2.75, 3.05) is 0 Å². The lowest BCUT2D eigenvalue weighted by molar-refractivity contribution is 0.851. The second-order valence-electron chi connectivity index (χ2n) is 6.22. The van der Waals surface area contributed by atoms with Crippen LogP contribution in [0.1, 0.15) is 42.0 Å². The summed E-state index contributed by atoms with van der Waals surface area (Å²) in [5.41, 5.74) is 5.63. The first-order valence-electron chi connectivity index (χ1n) is 7.70. The van der Waals surface area contributed by atoms with Gasteiger partial charge in [-0.3, -0.25) is 0 Å². The summed E-state index contributed by atoms with van der Waals surface area (Å²) >= 11 is 0. The number of hydrogen-bond donors (Lipinski definition) is 0. The van der Waals surface area contributed by atoms with Crippen LogP contribution in [0.3, 0.4) is 0 Å². The van der Waals surface area contributed by atoms with Crippen LogP contribution in [-0.2, 0) is 6.42 Å². The van der Waals surface area contributed by atoms with Crippen molar-refractivity contribution in [2.45, 2.75) is 33.1 Å². The highest BCUT2D eigenvalue weighted by molar-refractivity contribution is 5.84. The van der Waals surface area contributed by atoms with Crippen molar-refractivity contribution in [2.24, 2.45) is 0 Å². The molecule has 3 aromatic rings. The third-order valence-electron chi connectivity index (χ3n) is 4.14. The molecule has 0 aromatic heterocycles. The van der Waals surface area contributed by atoms with Gasteiger partial charge in [0.1, 0.15) is 0 Å². The third-order valence-corrected chi connectivity index (χ3v) is 4.14. The lowest BCUT2D eigenvalue weighted by Gasteiger charge is -2.15. The molecular weight excluding hydrogens is 252 g/mol. The molecule has 0 spiro atoms. The molecule has 0 atom stereocenters. The van der Waals surface area contributed by atoms with Crippen molar-refractivity contribution in [3.05, 3.63) is 82.9 Å². The highest BCUT2D eigenvalue weighted by atomic mass is 14.1. The van der Waals surface area contributed by atoms with Crippen molar-refractivity contribution in [3.63, 3.8) is 0 Å². The van der Waals surface area contributed by atoms with Crippen LogP contribution >= 0.6 is 0 Å². The summed E-state index contributed by atoms with van der Waals surface area (Å²) in [5.74, 6) is 0.551. The maximum atomic E-state index is 2.37. The van der Waals surface area contributed by atoms with E-state index in [0.29, 0.717) is 5.92 Å². The fraction of sp³-hybridized carbons (Fsp3) is 0.238. The second-order valence-corrected chi connectivity index (χ2v) is 6.22. The highest BCUT2D eigenvalue weighted by Gasteiger charge is 2.09. The Morgan fingerprint density at radius 1 is 0.810 bits per heavy atom. The molecule has 0 aliphatic heterocycles. The molecule has 0 saturated heterocycles. The molecule has 0 nitrogen and oxygen atoms in total. The Hall–Kier alpha value is -2.08. The predicted molar refractivity (Wildman–Crippen MR) is 92.0 cm³/mol. The maximum absolute atomic E-state index is 2.37. The third kappa shape index (κ3) is 3.00. The molecule has 0 heterocycles. The number of aryl methyl sites for hydroxylation is 1. The van der Waals surface area contributed by atoms with Crippen LogP contribution in [0.25, 0.3) is 10.8 Å². The quantitative estimate of drug-likeness (QED) is 0.561. The van der Waals surface area contributed by atoms with Gasteiger partial charge in [0.15, 0.2) is 0 Å². The van der Waals surface area contributed by atoms with E-state index in [-0.39, 0.29) is 0 Å². The van der Waals surface area contributed by atoms with Crippen LogP contribution in [0.4, 0.5) is 0 Å². The minimum atomic E-state index is 0.551. The van der Waals surface area contributed by atoms with Gasteiger partial charge in [-0.15, -0.1) is 0 Å². The van der Waals surface area contributed by atoms with Gasteiger partial charge in [0.05, 0.1) is 0 Å². The van der Waals surface area contributed by atoms with Gasteiger partial charge in [-0.25, -0.2) is 0 Å². The lowest BCUT2D eigenvalue weighted by atomic mass is 9.90. The molecule has 0 fully saturated rings. The van der Waals surface area contributed by atoms with Crippen LogP contribution in [-0.4, -0.2) is 0 Å². The van der Waals surface area contributed by atoms with Crippen LogP contribution in [0.2, 0.25) is 0 Å². The molecule has 0 bridgehead atoms. The van der Waals surface area contributed by atoms with E-state index in [1.54, 1.807) is 0 Å². The maximum Gasteiger partial charge on any atom is -0.00227 e. The summed E-state index contributed by atoms with van der Waals surface area (Å²) in [5, 5.41) is 2.68. The minimum absolute atomic E-state index is 0.551. The number of hydrogen-bond acceptors (Lipinski definition) is 0. The van der Waals surface area contributed by atoms with Gasteiger partial charge in [-0.2, -0.15) is 0 Å². The van der Waals surface area contributed by atoms with Crippen LogP contribution < -0.4 is 0 Å². The first-order valence-corrected chi connectivity index (χ1v) is 7.70. The van der Waals surface area contributed by atoms with Gasteiger partial charge in [-0.05, 0) is 46.7 Å². The molecular formula is C21H22. The van der Waals surface area contributed by atoms with Crippen molar-refractivity contribution in [1.82, 2.24) is 0 Å². The molecule has 0 amide bonds. The van der Waals surface area contributed by atoms with E-state index >= 15 is 0 Å². The Morgan fingerprint density at radius 3 is 2.05 bits per heavy atom. The number of rotatable bonds is 3. The Morgan fingerprint density at radius 2 is 1.43 bits per heavy atom. The van der Waals surface area contributed by atoms with E-state index in [2.05, 4.69) is 81.4 Å². The van der Waals surface area contributed by atoms with Gasteiger partial charge >= 0.3 is 0 Å². The monoisotopic (exact) mass is 274 g/mol. The fourth-order valence-electron chi connectivity index (χ4n) is 2.92. The summed E-state index contributed by atoms with van der Waals surface area (Å²) in [6.07, 6.45) is 1.01. The summed E-state index contributed by atoms with van der Waals surface area (Å²) in [7, 11) is 0. The van der Waals surface area contributed by atoms with Crippen LogP contribution in [0.5, 0.6) is 0 Å². The Labute approximate surface area is 127 Å². The van der Waals surface area contributed by atoms with E-state index in [9.17, 15) is 0 Å². The van der Waals surface area contributed by atoms with E-state index in [4.69, 9.17) is 0 Å². The van der Waals surface area contributed by atoms with Crippen molar-refractivity contribution >= 4 is 10.8 Å². The lowest BCUT2D eigenvalue weighted by Crippen LogP contribution is -1.98. The van der Waals surface area contributed by atoms with Gasteiger partial charge in [0.2, 0.25) is 0 Å². The van der Waals surface area contributed by atoms with Gasteiger partial charge in [0, 0.05) is 0 Å². The molecule has 3 aromatic carbocycles. The zero-order valence-electron chi connectivity index (χ0n) is 13.1. The smallest absolute Gasteiger partial charge is 0.00227 e. The highest BCUT2D eigenvalue weighted by Crippen LogP contribution is 2.27. The molecule has 0 saturated carbocycles. The summed E-state index contributed by atoms with van der Waals surface area (Å²) < 4.78 is 0. The number of benzene rings is 3. The summed E-state index contributed by atoms with van der Waals surface area (Å²) in [4.78, 5) is 0. The molecule has 106 valence electrons. The Balaban J connectivity index is 2.06.